The van der Waals surface area contributed by atoms with Gasteiger partial charge >= 0.3 is 23.5 Å². The summed E-state index contributed by atoms with van der Waals surface area (Å²) in [6, 6.07) is 1.50. The number of aliphatic hydroxyl groups excluding tert-OH is 1. The van der Waals surface area contributed by atoms with Gasteiger partial charge in [0.1, 0.15) is 29.3 Å². The number of rotatable bonds is 8. The van der Waals surface area contributed by atoms with E-state index in [0.717, 1.165) is 0 Å². The average Bonchev–Trinajstić information content (AvgIpc) is 3.10. The zero-order valence-corrected chi connectivity index (χ0v) is 19.2. The molecule has 1 aliphatic heterocycles. The highest BCUT2D eigenvalue weighted by Crippen LogP contribution is 2.66. The van der Waals surface area contributed by atoms with Crippen LogP contribution in [-0.2, 0) is 31.6 Å². The second kappa shape index (κ2) is 8.62. The van der Waals surface area contributed by atoms with Gasteiger partial charge in [0.25, 0.3) is 0 Å². The van der Waals surface area contributed by atoms with Gasteiger partial charge in [-0.2, -0.15) is 18.6 Å². The smallest absolute Gasteiger partial charge is 0.387 e. The monoisotopic (exact) mass is 535 g/mol. The summed E-state index contributed by atoms with van der Waals surface area (Å²) in [5, 5.41) is 21.6. The lowest BCUT2D eigenvalue weighted by Gasteiger charge is -2.27. The van der Waals surface area contributed by atoms with Crippen LogP contribution in [0, 0.1) is 0 Å². The van der Waals surface area contributed by atoms with Crippen LogP contribution in [0.3, 0.4) is 0 Å². The Balaban J connectivity index is 1.77. The molecule has 0 radical (unpaired) electrons. The molecule has 1 aliphatic rings. The van der Waals surface area contributed by atoms with Crippen molar-refractivity contribution in [3.63, 3.8) is 0 Å². The molecule has 0 amide bonds. The highest BCUT2D eigenvalue weighted by atomic mass is 31.3. The number of nitrogen functional groups attached to an aromatic ring is 2. The molecule has 0 spiro atoms. The summed E-state index contributed by atoms with van der Waals surface area (Å²) < 4.78 is 52.4. The summed E-state index contributed by atoms with van der Waals surface area (Å²) in [6.07, 6.45) is -3.16. The molecule has 21 heteroatoms. The number of ether oxygens (including phenoxy) is 1. The van der Waals surface area contributed by atoms with Crippen LogP contribution in [0.25, 0.3) is 11.0 Å². The lowest BCUT2D eigenvalue weighted by molar-refractivity contribution is -0.0947. The molecular weight excluding hydrogens is 515 g/mol. The van der Waals surface area contributed by atoms with Crippen LogP contribution in [-0.4, -0.2) is 68.7 Å². The molecule has 186 valence electrons. The van der Waals surface area contributed by atoms with Crippen LogP contribution in [0.1, 0.15) is 13.2 Å². The number of nitrogens with two attached hydrogens (primary N) is 2. The van der Waals surface area contributed by atoms with E-state index < -0.39 is 54.1 Å². The summed E-state index contributed by atoms with van der Waals surface area (Å²) >= 11 is 0. The number of anilines is 2. The number of phosphoric acid groups is 3. The van der Waals surface area contributed by atoms with Crippen LogP contribution in [0.15, 0.2) is 12.3 Å². The fourth-order valence-electron chi connectivity index (χ4n) is 3.11. The molecule has 18 nitrogen and oxygen atoms in total. The van der Waals surface area contributed by atoms with E-state index in [4.69, 9.17) is 26.0 Å². The van der Waals surface area contributed by atoms with E-state index in [-0.39, 0.29) is 17.4 Å². The second-order valence-electron chi connectivity index (χ2n) is 7.01. The van der Waals surface area contributed by atoms with Crippen molar-refractivity contribution in [2.24, 2.45) is 0 Å². The van der Waals surface area contributed by atoms with Crippen LogP contribution in [0.2, 0.25) is 0 Å². The number of nitrogens with zero attached hydrogens (tertiary/aromatic N) is 3. The van der Waals surface area contributed by atoms with Gasteiger partial charge < -0.3 is 50.6 Å². The predicted octanol–water partition coefficient (Wildman–Crippen LogP) is -1.05. The number of aromatic nitrogens is 3. The van der Waals surface area contributed by atoms with Crippen molar-refractivity contribution < 1.29 is 61.4 Å². The van der Waals surface area contributed by atoms with Gasteiger partial charge in [-0.1, -0.05) is 0 Å². The standard InChI is InChI=1S/C12H20N5O13P3/c1-12(19)7(18)6(4-27-32(23,24)30-33(25,26)29-31(20,21)22)28-10(12)17-3-2-5-8(13)15-11(14)16-9(5)17/h2-3,6-7,10,18-19H,4H2,1H3,(H,23,24)(H,25,26)(H2,20,21,22)(H4,13,14,15,16)/t6-,7-,10-,12-/m1/s1. The topological polar surface area (TPSA) is 292 Å². The van der Waals surface area contributed by atoms with Crippen LogP contribution in [0.4, 0.5) is 11.8 Å². The Hall–Kier alpha value is -1.49. The van der Waals surface area contributed by atoms with Gasteiger partial charge in [0.15, 0.2) is 6.23 Å². The van der Waals surface area contributed by atoms with Crippen molar-refractivity contribution in [2.75, 3.05) is 18.1 Å². The van der Waals surface area contributed by atoms with Crippen molar-refractivity contribution >= 4 is 46.3 Å². The Bertz CT molecular complexity index is 1200. The van der Waals surface area contributed by atoms with Gasteiger partial charge in [-0.3, -0.25) is 4.52 Å². The molecule has 33 heavy (non-hydrogen) atoms. The predicted molar refractivity (Wildman–Crippen MR) is 107 cm³/mol. The largest absolute Gasteiger partial charge is 0.490 e. The van der Waals surface area contributed by atoms with E-state index in [9.17, 15) is 33.7 Å². The maximum absolute atomic E-state index is 11.9. The molecule has 3 rings (SSSR count). The van der Waals surface area contributed by atoms with E-state index in [1.807, 2.05) is 0 Å². The van der Waals surface area contributed by atoms with Gasteiger partial charge in [0.05, 0.1) is 12.0 Å². The maximum Gasteiger partial charge on any atom is 0.490 e. The first kappa shape index (κ1) is 26.1. The highest BCUT2D eigenvalue weighted by Gasteiger charge is 2.54. The van der Waals surface area contributed by atoms with E-state index in [1.165, 1.54) is 23.8 Å². The molecule has 2 unspecified atom stereocenters. The molecule has 1 saturated heterocycles. The van der Waals surface area contributed by atoms with Crippen molar-refractivity contribution in [3.05, 3.63) is 12.3 Å². The van der Waals surface area contributed by atoms with E-state index in [1.54, 1.807) is 0 Å². The van der Waals surface area contributed by atoms with E-state index in [2.05, 4.69) is 23.1 Å². The number of phosphoric ester groups is 1. The summed E-state index contributed by atoms with van der Waals surface area (Å²) in [6.45, 7) is 0.211. The Kier molecular flexibility index (Phi) is 6.83. The lowest BCUT2D eigenvalue weighted by Crippen LogP contribution is -2.44. The van der Waals surface area contributed by atoms with Crippen molar-refractivity contribution in [3.8, 4) is 0 Å². The van der Waals surface area contributed by atoms with Crippen LogP contribution < -0.4 is 11.5 Å². The highest BCUT2D eigenvalue weighted by molar-refractivity contribution is 7.66. The minimum absolute atomic E-state index is 0.0404. The maximum atomic E-state index is 11.9. The van der Waals surface area contributed by atoms with Gasteiger partial charge in [0.2, 0.25) is 5.95 Å². The SMILES string of the molecule is C[C@@]1(O)[C@H](O)[C@@H](COP(=O)(O)OP(=O)(O)OP(=O)(O)O)O[C@H]1n1ccc2c(N)nc(N)nc21. The molecule has 0 aromatic carbocycles. The van der Waals surface area contributed by atoms with Crippen molar-refractivity contribution in [2.45, 2.75) is 31.0 Å². The second-order valence-corrected chi connectivity index (χ2v) is 11.4. The zero-order chi connectivity index (χ0) is 25.0. The molecule has 0 aliphatic carbocycles. The van der Waals surface area contributed by atoms with Crippen LogP contribution >= 0.6 is 23.5 Å². The van der Waals surface area contributed by atoms with Gasteiger partial charge in [0, 0.05) is 6.20 Å². The third kappa shape index (κ3) is 5.78. The third-order valence-electron chi connectivity index (χ3n) is 4.44. The Morgan fingerprint density at radius 1 is 1.15 bits per heavy atom. The normalized spacial score (nSPS) is 29.7. The summed E-state index contributed by atoms with van der Waals surface area (Å²) in [7, 11) is -16.7. The number of hydrogen-bond donors (Lipinski definition) is 8. The van der Waals surface area contributed by atoms with Gasteiger partial charge in [-0.25, -0.2) is 13.7 Å². The molecule has 0 saturated carbocycles. The molecule has 10 N–H and O–H groups in total. The van der Waals surface area contributed by atoms with E-state index >= 15 is 0 Å². The fourth-order valence-corrected chi connectivity index (χ4v) is 6.14. The van der Waals surface area contributed by atoms with Crippen LogP contribution in [0.5, 0.6) is 0 Å². The number of fused-ring (bicyclic) bond motifs is 1. The molecule has 1 fully saturated rings. The minimum Gasteiger partial charge on any atom is -0.387 e. The van der Waals surface area contributed by atoms with Gasteiger partial charge in [-0.05, 0) is 13.0 Å². The van der Waals surface area contributed by atoms with E-state index in [0.29, 0.717) is 5.39 Å². The summed E-state index contributed by atoms with van der Waals surface area (Å²) in [5.74, 6) is -0.138. The molecule has 0 bridgehead atoms. The molecule has 6 atom stereocenters. The first-order valence-electron chi connectivity index (χ1n) is 8.66. The van der Waals surface area contributed by atoms with Gasteiger partial charge in [-0.15, -0.1) is 0 Å². The minimum atomic E-state index is -5.72. The Morgan fingerprint density at radius 2 is 1.79 bits per heavy atom. The molecular formula is C12H20N5O13P3. The average molecular weight is 535 g/mol. The molecule has 2 aromatic heterocycles. The Morgan fingerprint density at radius 3 is 2.39 bits per heavy atom. The lowest BCUT2D eigenvalue weighted by atomic mass is 9.96. The first-order valence-corrected chi connectivity index (χ1v) is 13.2. The van der Waals surface area contributed by atoms with Crippen molar-refractivity contribution in [1.29, 1.82) is 0 Å². The number of aliphatic hydroxyl groups is 2. The summed E-state index contributed by atoms with van der Waals surface area (Å²) in [5.41, 5.74) is 9.50. The first-order chi connectivity index (χ1) is 14.9. The fraction of sp³-hybridized carbons (Fsp3) is 0.500. The molecule has 2 aromatic rings. The summed E-state index contributed by atoms with van der Waals surface area (Å²) in [4.78, 5) is 43.6. The number of hydrogen-bond acceptors (Lipinski definition) is 13. The Labute approximate surface area is 184 Å². The molecule has 3 heterocycles. The third-order valence-corrected chi connectivity index (χ3v) is 8.25. The van der Waals surface area contributed by atoms with Crippen molar-refractivity contribution in [1.82, 2.24) is 14.5 Å². The zero-order valence-electron chi connectivity index (χ0n) is 16.5. The quantitative estimate of drug-likeness (QED) is 0.187.